The molecule has 2 amide bonds. The Bertz CT molecular complexity index is 823. The Kier molecular flexibility index (Phi) is 5.08. The number of esters is 1. The molecule has 1 spiro atoms. The monoisotopic (exact) mass is 392 g/mol. The van der Waals surface area contributed by atoms with Crippen LogP contribution in [0.2, 0.25) is 0 Å². The summed E-state index contributed by atoms with van der Waals surface area (Å²) in [4.78, 5) is 38.5. The average molecular weight is 392 g/mol. The minimum absolute atomic E-state index is 0.0571. The van der Waals surface area contributed by atoms with Crippen LogP contribution in [0.4, 0.5) is 14.9 Å². The van der Waals surface area contributed by atoms with E-state index in [0.29, 0.717) is 5.69 Å². The second-order valence-electron chi connectivity index (χ2n) is 8.10. The van der Waals surface area contributed by atoms with Gasteiger partial charge in [0.15, 0.2) is 0 Å². The first-order valence-electron chi connectivity index (χ1n) is 9.38. The first-order valence-corrected chi connectivity index (χ1v) is 9.38. The molecule has 3 rings (SSSR count). The zero-order valence-electron chi connectivity index (χ0n) is 16.6. The van der Waals surface area contributed by atoms with Crippen LogP contribution >= 0.6 is 0 Å². The number of nitrogens with zero attached hydrogens (tertiary/aromatic N) is 1. The molecule has 0 aliphatic carbocycles. The van der Waals surface area contributed by atoms with Crippen LogP contribution in [0.5, 0.6) is 0 Å². The van der Waals surface area contributed by atoms with Crippen molar-refractivity contribution in [1.29, 1.82) is 0 Å². The maximum atomic E-state index is 14.9. The molecule has 1 aromatic carbocycles. The molecule has 0 bridgehead atoms. The lowest BCUT2D eigenvalue weighted by molar-refractivity contribution is -0.122. The van der Waals surface area contributed by atoms with Gasteiger partial charge in [-0.3, -0.25) is 4.79 Å². The lowest BCUT2D eigenvalue weighted by Gasteiger charge is -2.38. The molecule has 152 valence electrons. The Morgan fingerprint density at radius 1 is 1.25 bits per heavy atom. The predicted octanol–water partition coefficient (Wildman–Crippen LogP) is 3.22. The van der Waals surface area contributed by atoms with E-state index < -0.39 is 28.9 Å². The SMILES string of the molecule is CCOC(=O)c1cc(F)c2c(c1)NC(=O)C21CCN(C(=O)OC(C)(C)C)CC1. The quantitative estimate of drug-likeness (QED) is 0.781. The summed E-state index contributed by atoms with van der Waals surface area (Å²) in [5.41, 5.74) is -1.06. The number of carbonyl (C=O) groups excluding carboxylic acids is 3. The number of carbonyl (C=O) groups is 3. The smallest absolute Gasteiger partial charge is 0.410 e. The second-order valence-corrected chi connectivity index (χ2v) is 8.10. The molecule has 0 atom stereocenters. The van der Waals surface area contributed by atoms with Gasteiger partial charge in [0.1, 0.15) is 11.4 Å². The Balaban J connectivity index is 1.83. The van der Waals surface area contributed by atoms with Crippen molar-refractivity contribution in [2.24, 2.45) is 0 Å². The van der Waals surface area contributed by atoms with Crippen LogP contribution in [0.1, 0.15) is 56.5 Å². The lowest BCUT2D eigenvalue weighted by atomic mass is 9.73. The van der Waals surface area contributed by atoms with Crippen LogP contribution in [0.25, 0.3) is 0 Å². The van der Waals surface area contributed by atoms with Crippen molar-refractivity contribution in [3.8, 4) is 0 Å². The van der Waals surface area contributed by atoms with Gasteiger partial charge < -0.3 is 19.7 Å². The van der Waals surface area contributed by atoms with E-state index in [4.69, 9.17) is 9.47 Å². The van der Waals surface area contributed by atoms with Crippen molar-refractivity contribution >= 4 is 23.7 Å². The maximum Gasteiger partial charge on any atom is 0.410 e. The maximum absolute atomic E-state index is 14.9. The molecule has 1 fully saturated rings. The van der Waals surface area contributed by atoms with Gasteiger partial charge in [-0.15, -0.1) is 0 Å². The molecule has 2 heterocycles. The molecular formula is C20H25FN2O5. The van der Waals surface area contributed by atoms with E-state index in [1.165, 1.54) is 11.0 Å². The number of anilines is 1. The fraction of sp³-hybridized carbons (Fsp3) is 0.550. The number of hydrogen-bond donors (Lipinski definition) is 1. The van der Waals surface area contributed by atoms with E-state index in [-0.39, 0.29) is 49.6 Å². The number of piperidine rings is 1. The number of fused-ring (bicyclic) bond motifs is 2. The molecule has 28 heavy (non-hydrogen) atoms. The van der Waals surface area contributed by atoms with Crippen molar-refractivity contribution in [2.45, 2.75) is 51.6 Å². The third kappa shape index (κ3) is 3.55. The number of likely N-dealkylation sites (tertiary alicyclic amines) is 1. The Hall–Kier alpha value is -2.64. The summed E-state index contributed by atoms with van der Waals surface area (Å²) in [7, 11) is 0. The minimum atomic E-state index is -1.05. The summed E-state index contributed by atoms with van der Waals surface area (Å²) < 4.78 is 25.2. The predicted molar refractivity (Wildman–Crippen MR) is 99.7 cm³/mol. The van der Waals surface area contributed by atoms with Gasteiger partial charge in [-0.1, -0.05) is 0 Å². The number of benzene rings is 1. The summed E-state index contributed by atoms with van der Waals surface area (Å²) >= 11 is 0. The summed E-state index contributed by atoms with van der Waals surface area (Å²) in [6.45, 7) is 7.75. The van der Waals surface area contributed by atoms with E-state index in [2.05, 4.69) is 5.32 Å². The number of nitrogens with one attached hydrogen (secondary N) is 1. The summed E-state index contributed by atoms with van der Waals surface area (Å²) in [6.07, 6.45) is 0.112. The summed E-state index contributed by atoms with van der Waals surface area (Å²) in [5.74, 6) is -1.57. The van der Waals surface area contributed by atoms with Gasteiger partial charge in [0.05, 0.1) is 17.6 Å². The molecule has 2 aliphatic rings. The van der Waals surface area contributed by atoms with Gasteiger partial charge in [-0.05, 0) is 52.7 Å². The van der Waals surface area contributed by atoms with Crippen molar-refractivity contribution in [3.63, 3.8) is 0 Å². The van der Waals surface area contributed by atoms with E-state index in [9.17, 15) is 18.8 Å². The van der Waals surface area contributed by atoms with Crippen LogP contribution in [0, 0.1) is 5.82 Å². The van der Waals surface area contributed by atoms with E-state index in [0.717, 1.165) is 6.07 Å². The first-order chi connectivity index (χ1) is 13.1. The van der Waals surface area contributed by atoms with Crippen LogP contribution in [0.15, 0.2) is 12.1 Å². The van der Waals surface area contributed by atoms with Gasteiger partial charge in [-0.2, -0.15) is 0 Å². The second kappa shape index (κ2) is 7.07. The third-order valence-corrected chi connectivity index (χ3v) is 5.03. The lowest BCUT2D eigenvalue weighted by Crippen LogP contribution is -2.49. The third-order valence-electron chi connectivity index (χ3n) is 5.03. The molecule has 1 saturated heterocycles. The van der Waals surface area contributed by atoms with Crippen LogP contribution < -0.4 is 5.32 Å². The largest absolute Gasteiger partial charge is 0.462 e. The number of rotatable bonds is 2. The fourth-order valence-electron chi connectivity index (χ4n) is 3.75. The summed E-state index contributed by atoms with van der Waals surface area (Å²) in [5, 5.41) is 2.70. The van der Waals surface area contributed by atoms with Gasteiger partial charge in [-0.25, -0.2) is 14.0 Å². The van der Waals surface area contributed by atoms with Crippen molar-refractivity contribution in [2.75, 3.05) is 25.0 Å². The molecule has 0 saturated carbocycles. The van der Waals surface area contributed by atoms with Crippen molar-refractivity contribution in [1.82, 2.24) is 4.90 Å². The van der Waals surface area contributed by atoms with Crippen LogP contribution in [-0.2, 0) is 19.7 Å². The fourth-order valence-corrected chi connectivity index (χ4v) is 3.75. The number of hydrogen-bond acceptors (Lipinski definition) is 5. The standard InChI is InChI=1S/C20H25FN2O5/c1-5-27-16(24)12-10-13(21)15-14(11-12)22-17(25)20(15)6-8-23(9-7-20)18(26)28-19(2,3)4/h10-11H,5-9H2,1-4H3,(H,22,25). The number of amides is 2. The highest BCUT2D eigenvalue weighted by Gasteiger charge is 2.51. The molecule has 8 heteroatoms. The number of halogens is 1. The van der Waals surface area contributed by atoms with E-state index in [1.54, 1.807) is 27.7 Å². The molecule has 0 unspecified atom stereocenters. The molecule has 0 aromatic heterocycles. The highest BCUT2D eigenvalue weighted by atomic mass is 19.1. The molecule has 0 radical (unpaired) electrons. The van der Waals surface area contributed by atoms with Gasteiger partial charge in [0, 0.05) is 24.3 Å². The van der Waals surface area contributed by atoms with E-state index >= 15 is 0 Å². The molecule has 1 aromatic rings. The summed E-state index contributed by atoms with van der Waals surface area (Å²) in [6, 6.07) is 2.56. The molecule has 2 aliphatic heterocycles. The Labute approximate surface area is 163 Å². The van der Waals surface area contributed by atoms with Crippen LogP contribution in [-0.4, -0.2) is 48.2 Å². The van der Waals surface area contributed by atoms with Gasteiger partial charge in [0.25, 0.3) is 0 Å². The molecule has 7 nitrogen and oxygen atoms in total. The van der Waals surface area contributed by atoms with Crippen LogP contribution in [0.3, 0.4) is 0 Å². The van der Waals surface area contributed by atoms with Gasteiger partial charge in [0.2, 0.25) is 5.91 Å². The first kappa shape index (κ1) is 20.1. The minimum Gasteiger partial charge on any atom is -0.462 e. The Morgan fingerprint density at radius 3 is 2.46 bits per heavy atom. The highest BCUT2D eigenvalue weighted by molar-refractivity contribution is 6.07. The molecular weight excluding hydrogens is 367 g/mol. The topological polar surface area (TPSA) is 84.9 Å². The van der Waals surface area contributed by atoms with Gasteiger partial charge >= 0.3 is 12.1 Å². The highest BCUT2D eigenvalue weighted by Crippen LogP contribution is 2.46. The van der Waals surface area contributed by atoms with Crippen molar-refractivity contribution in [3.05, 3.63) is 29.1 Å². The zero-order valence-corrected chi connectivity index (χ0v) is 16.6. The van der Waals surface area contributed by atoms with E-state index in [1.807, 2.05) is 0 Å². The average Bonchev–Trinajstić information content (AvgIpc) is 2.86. The molecule has 1 N–H and O–H groups in total. The van der Waals surface area contributed by atoms with Crippen molar-refractivity contribution < 1.29 is 28.2 Å². The number of ether oxygens (including phenoxy) is 2. The normalized spacial score (nSPS) is 17.9. The zero-order chi connectivity index (χ0) is 20.7. The Morgan fingerprint density at radius 2 is 1.89 bits per heavy atom.